The van der Waals surface area contributed by atoms with Crippen molar-refractivity contribution in [3.8, 4) is 11.5 Å². The van der Waals surface area contributed by atoms with E-state index in [9.17, 15) is 4.39 Å². The molecule has 0 heterocycles. The molecule has 0 atom stereocenters. The van der Waals surface area contributed by atoms with E-state index >= 15 is 0 Å². The van der Waals surface area contributed by atoms with Gasteiger partial charge >= 0.3 is 0 Å². The molecular weight excluding hydrogens is 522 g/mol. The third kappa shape index (κ3) is 9.20. The molecule has 0 aliphatic heterocycles. The highest BCUT2D eigenvalue weighted by molar-refractivity contribution is 14.0. The highest BCUT2D eigenvalue weighted by Crippen LogP contribution is 2.28. The van der Waals surface area contributed by atoms with Gasteiger partial charge in [-0.25, -0.2) is 4.39 Å². The highest BCUT2D eigenvalue weighted by atomic mass is 127. The average molecular weight is 558 g/mol. The first kappa shape index (κ1) is 28.0. The Balaban J connectivity index is 0.00000512. The molecule has 0 aliphatic carbocycles. The van der Waals surface area contributed by atoms with Gasteiger partial charge in [0.1, 0.15) is 5.82 Å². The van der Waals surface area contributed by atoms with E-state index in [1.807, 2.05) is 51.0 Å². The minimum atomic E-state index is -0.179. The van der Waals surface area contributed by atoms with Crippen molar-refractivity contribution in [3.05, 3.63) is 58.9 Å². The van der Waals surface area contributed by atoms with Crippen molar-refractivity contribution >= 4 is 29.9 Å². The predicted molar refractivity (Wildman–Crippen MR) is 140 cm³/mol. The van der Waals surface area contributed by atoms with E-state index in [0.717, 1.165) is 29.0 Å². The summed E-state index contributed by atoms with van der Waals surface area (Å²) >= 11 is 0. The lowest BCUT2D eigenvalue weighted by molar-refractivity contribution is 0.287. The Morgan fingerprint density at radius 2 is 1.66 bits per heavy atom. The summed E-state index contributed by atoms with van der Waals surface area (Å²) in [5, 5.41) is 6.61. The smallest absolute Gasteiger partial charge is 0.191 e. The zero-order chi connectivity index (χ0) is 22.6. The van der Waals surface area contributed by atoms with E-state index < -0.39 is 0 Å². The maximum Gasteiger partial charge on any atom is 0.191 e. The molecule has 0 saturated heterocycles. The van der Waals surface area contributed by atoms with E-state index in [0.29, 0.717) is 44.4 Å². The van der Waals surface area contributed by atoms with Gasteiger partial charge in [0.2, 0.25) is 0 Å². The summed E-state index contributed by atoms with van der Waals surface area (Å²) < 4.78 is 25.3. The number of benzene rings is 2. The molecule has 8 heteroatoms. The van der Waals surface area contributed by atoms with Gasteiger partial charge in [0, 0.05) is 32.2 Å². The van der Waals surface area contributed by atoms with Crippen LogP contribution in [0.2, 0.25) is 0 Å². The molecule has 0 bridgehead atoms. The fourth-order valence-corrected chi connectivity index (χ4v) is 3.18. The van der Waals surface area contributed by atoms with Crippen molar-refractivity contribution in [2.75, 3.05) is 40.9 Å². The van der Waals surface area contributed by atoms with Gasteiger partial charge in [-0.2, -0.15) is 0 Å². The number of rotatable bonds is 11. The summed E-state index contributed by atoms with van der Waals surface area (Å²) in [7, 11) is 5.59. The number of halogens is 2. The minimum absolute atomic E-state index is 0. The molecule has 32 heavy (non-hydrogen) atoms. The largest absolute Gasteiger partial charge is 0.490 e. The molecule has 2 N–H and O–H groups in total. The SMILES string of the molecule is CCOc1ccc(CCNC(=NC)NCc2ccc(F)c(CN(C)C)c2)cc1OCC.I. The molecule has 0 spiro atoms. The predicted octanol–water partition coefficient (Wildman–Crippen LogP) is 4.21. The van der Waals surface area contributed by atoms with Crippen molar-refractivity contribution in [2.45, 2.75) is 33.4 Å². The van der Waals surface area contributed by atoms with Crippen LogP contribution in [0.5, 0.6) is 11.5 Å². The van der Waals surface area contributed by atoms with Crippen LogP contribution in [0.4, 0.5) is 4.39 Å². The molecule has 0 amide bonds. The summed E-state index contributed by atoms with van der Waals surface area (Å²) in [4.78, 5) is 6.23. The Kier molecular flexibility index (Phi) is 13.0. The van der Waals surface area contributed by atoms with Crippen LogP contribution in [0.15, 0.2) is 41.4 Å². The second-order valence-corrected chi connectivity index (χ2v) is 7.41. The molecule has 0 fully saturated rings. The molecule has 2 aromatic carbocycles. The monoisotopic (exact) mass is 558 g/mol. The average Bonchev–Trinajstić information content (AvgIpc) is 2.74. The van der Waals surface area contributed by atoms with Gasteiger partial charge in [-0.15, -0.1) is 24.0 Å². The second kappa shape index (κ2) is 14.9. The van der Waals surface area contributed by atoms with E-state index in [2.05, 4.69) is 21.7 Å². The van der Waals surface area contributed by atoms with Crippen LogP contribution in [0.3, 0.4) is 0 Å². The Bertz CT molecular complexity index is 862. The van der Waals surface area contributed by atoms with Crippen molar-refractivity contribution in [3.63, 3.8) is 0 Å². The van der Waals surface area contributed by atoms with Gasteiger partial charge < -0.3 is 25.0 Å². The van der Waals surface area contributed by atoms with Gasteiger partial charge in [0.25, 0.3) is 0 Å². The maximum atomic E-state index is 14.0. The quantitative estimate of drug-likeness (QED) is 0.246. The van der Waals surface area contributed by atoms with Gasteiger partial charge in [-0.1, -0.05) is 12.1 Å². The van der Waals surface area contributed by atoms with Crippen LogP contribution in [0.25, 0.3) is 0 Å². The molecular formula is C24H36FIN4O2. The summed E-state index contributed by atoms with van der Waals surface area (Å²) in [5.41, 5.74) is 2.85. The van der Waals surface area contributed by atoms with Gasteiger partial charge in [-0.3, -0.25) is 4.99 Å². The van der Waals surface area contributed by atoms with E-state index in [4.69, 9.17) is 9.47 Å². The number of ether oxygens (including phenoxy) is 2. The normalized spacial score (nSPS) is 11.2. The molecule has 178 valence electrons. The Labute approximate surface area is 208 Å². The lowest BCUT2D eigenvalue weighted by Crippen LogP contribution is -2.37. The zero-order valence-corrected chi connectivity index (χ0v) is 22.0. The van der Waals surface area contributed by atoms with Crippen LogP contribution in [-0.4, -0.2) is 51.8 Å². The number of guanidine groups is 1. The molecule has 0 aromatic heterocycles. The first-order chi connectivity index (χ1) is 15.0. The molecule has 0 aliphatic rings. The highest BCUT2D eigenvalue weighted by Gasteiger charge is 2.08. The van der Waals surface area contributed by atoms with Crippen LogP contribution in [-0.2, 0) is 19.5 Å². The Morgan fingerprint density at radius 3 is 2.31 bits per heavy atom. The number of nitrogens with zero attached hydrogens (tertiary/aromatic N) is 2. The minimum Gasteiger partial charge on any atom is -0.490 e. The van der Waals surface area contributed by atoms with Crippen LogP contribution in [0, 0.1) is 5.82 Å². The van der Waals surface area contributed by atoms with Crippen molar-refractivity contribution in [1.82, 2.24) is 15.5 Å². The first-order valence-electron chi connectivity index (χ1n) is 10.7. The summed E-state index contributed by atoms with van der Waals surface area (Å²) in [6.07, 6.45) is 0.816. The molecule has 0 saturated carbocycles. The van der Waals surface area contributed by atoms with Crippen molar-refractivity contribution < 1.29 is 13.9 Å². The van der Waals surface area contributed by atoms with Crippen molar-refractivity contribution in [1.29, 1.82) is 0 Å². The molecule has 2 rings (SSSR count). The summed E-state index contributed by atoms with van der Waals surface area (Å²) in [6, 6.07) is 11.2. The summed E-state index contributed by atoms with van der Waals surface area (Å²) in [6.45, 7) is 6.97. The number of nitrogens with one attached hydrogen (secondary N) is 2. The van der Waals surface area contributed by atoms with Gasteiger partial charge in [-0.05, 0) is 69.8 Å². The topological polar surface area (TPSA) is 58.1 Å². The summed E-state index contributed by atoms with van der Waals surface area (Å²) in [5.74, 6) is 2.07. The second-order valence-electron chi connectivity index (χ2n) is 7.41. The van der Waals surface area contributed by atoms with Crippen molar-refractivity contribution in [2.24, 2.45) is 4.99 Å². The maximum absolute atomic E-state index is 14.0. The molecule has 2 aromatic rings. The van der Waals surface area contributed by atoms with Gasteiger partial charge in [0.05, 0.1) is 13.2 Å². The lowest BCUT2D eigenvalue weighted by atomic mass is 10.1. The standard InChI is InChI=1S/C24H35FN4O2.HI/c1-6-30-22-11-9-18(15-23(22)31-7-2)12-13-27-24(26-3)28-16-19-8-10-21(25)20(14-19)17-29(4)5;/h8-11,14-15H,6-7,12-13,16-17H2,1-5H3,(H2,26,27,28);1H. The zero-order valence-electron chi connectivity index (χ0n) is 19.7. The fraction of sp³-hybridized carbons (Fsp3) is 0.458. The fourth-order valence-electron chi connectivity index (χ4n) is 3.18. The third-order valence-electron chi connectivity index (χ3n) is 4.59. The van der Waals surface area contributed by atoms with E-state index in [1.54, 1.807) is 13.1 Å². The van der Waals surface area contributed by atoms with Gasteiger partial charge in [0.15, 0.2) is 17.5 Å². The van der Waals surface area contributed by atoms with Crippen LogP contribution >= 0.6 is 24.0 Å². The first-order valence-corrected chi connectivity index (χ1v) is 10.7. The molecule has 0 radical (unpaired) electrons. The van der Waals surface area contributed by atoms with E-state index in [-0.39, 0.29) is 29.8 Å². The van der Waals surface area contributed by atoms with Crippen LogP contribution in [0.1, 0.15) is 30.5 Å². The Hall–Kier alpha value is -2.07. The van der Waals surface area contributed by atoms with Crippen LogP contribution < -0.4 is 20.1 Å². The number of hydrogen-bond acceptors (Lipinski definition) is 4. The third-order valence-corrected chi connectivity index (χ3v) is 4.59. The molecule has 0 unspecified atom stereocenters. The van der Waals surface area contributed by atoms with E-state index in [1.165, 1.54) is 6.07 Å². The Morgan fingerprint density at radius 1 is 0.969 bits per heavy atom. The lowest BCUT2D eigenvalue weighted by Gasteiger charge is -2.15. The molecule has 6 nitrogen and oxygen atoms in total. The number of hydrogen-bond donors (Lipinski definition) is 2. The number of aliphatic imine (C=N–C) groups is 1.